The molecule has 5 nitrogen and oxygen atoms in total. The van der Waals surface area contributed by atoms with Gasteiger partial charge in [-0.05, 0) is 36.7 Å². The summed E-state index contributed by atoms with van der Waals surface area (Å²) >= 11 is 6.09. The number of carbonyl (C=O) groups is 1. The molecule has 0 fully saturated rings. The Balaban J connectivity index is 2.27. The molecule has 0 saturated carbocycles. The van der Waals surface area contributed by atoms with Gasteiger partial charge in [0.15, 0.2) is 5.78 Å². The number of ketones is 1. The van der Waals surface area contributed by atoms with E-state index in [0.717, 1.165) is 0 Å². The van der Waals surface area contributed by atoms with Gasteiger partial charge in [-0.25, -0.2) is 9.97 Å². The van der Waals surface area contributed by atoms with Crippen molar-refractivity contribution in [1.29, 1.82) is 0 Å². The number of nitrogens with zero attached hydrogens (tertiary/aromatic N) is 2. The van der Waals surface area contributed by atoms with Crippen LogP contribution in [0.2, 0.25) is 5.28 Å². The molecule has 0 aliphatic rings. The molecule has 0 aliphatic carbocycles. The molecule has 132 valence electrons. The van der Waals surface area contributed by atoms with Crippen LogP contribution in [0.4, 0.5) is 0 Å². The van der Waals surface area contributed by atoms with Crippen molar-refractivity contribution in [2.24, 2.45) is 0 Å². The first-order valence-corrected chi connectivity index (χ1v) is 8.29. The molecule has 0 saturated heterocycles. The summed E-state index contributed by atoms with van der Waals surface area (Å²) in [5.74, 6) is 0.994. The minimum Gasteiger partial charge on any atom is -0.497 e. The highest BCUT2D eigenvalue weighted by Crippen LogP contribution is 2.36. The van der Waals surface area contributed by atoms with E-state index in [2.05, 4.69) is 9.97 Å². The van der Waals surface area contributed by atoms with Crippen molar-refractivity contribution in [3.05, 3.63) is 70.6 Å². The molecule has 0 aliphatic heterocycles. The molecule has 26 heavy (non-hydrogen) atoms. The maximum absolute atomic E-state index is 13.1. The zero-order valence-electron chi connectivity index (χ0n) is 14.6. The van der Waals surface area contributed by atoms with Crippen LogP contribution in [-0.2, 0) is 0 Å². The SMILES string of the molecule is COc1ccc(OC)c(-c2nc(Cl)nc(C)c2C(=O)c2ccccc2)c1. The van der Waals surface area contributed by atoms with E-state index in [1.165, 1.54) is 0 Å². The minimum absolute atomic E-state index is 0.0620. The first-order valence-electron chi connectivity index (χ1n) is 7.91. The second-order valence-electron chi connectivity index (χ2n) is 5.56. The summed E-state index contributed by atoms with van der Waals surface area (Å²) < 4.78 is 10.8. The second-order valence-corrected chi connectivity index (χ2v) is 5.90. The zero-order chi connectivity index (χ0) is 18.7. The number of methoxy groups -OCH3 is 2. The molecule has 2 aromatic carbocycles. The van der Waals surface area contributed by atoms with E-state index in [4.69, 9.17) is 21.1 Å². The molecule has 1 heterocycles. The van der Waals surface area contributed by atoms with Gasteiger partial charge in [-0.15, -0.1) is 0 Å². The summed E-state index contributed by atoms with van der Waals surface area (Å²) in [7, 11) is 3.12. The van der Waals surface area contributed by atoms with E-state index in [1.54, 1.807) is 51.5 Å². The number of aromatic nitrogens is 2. The summed E-state index contributed by atoms with van der Waals surface area (Å²) in [5, 5.41) is 0.0620. The molecule has 0 N–H and O–H groups in total. The first kappa shape index (κ1) is 17.9. The number of rotatable bonds is 5. The van der Waals surface area contributed by atoms with Crippen LogP contribution >= 0.6 is 11.6 Å². The fourth-order valence-corrected chi connectivity index (χ4v) is 2.95. The van der Waals surface area contributed by atoms with Crippen LogP contribution in [0, 0.1) is 6.92 Å². The highest BCUT2D eigenvalue weighted by molar-refractivity contribution is 6.28. The Labute approximate surface area is 156 Å². The molecule has 0 bridgehead atoms. The normalized spacial score (nSPS) is 10.5. The Morgan fingerprint density at radius 1 is 1.00 bits per heavy atom. The molecule has 0 amide bonds. The van der Waals surface area contributed by atoms with Gasteiger partial charge in [0.25, 0.3) is 0 Å². The Kier molecular flexibility index (Phi) is 5.19. The smallest absolute Gasteiger partial charge is 0.223 e. The number of halogens is 1. The van der Waals surface area contributed by atoms with Crippen molar-refractivity contribution >= 4 is 17.4 Å². The highest BCUT2D eigenvalue weighted by Gasteiger charge is 2.23. The standard InChI is InChI=1S/C20H17ClN2O3/c1-12-17(19(24)13-7-5-4-6-8-13)18(23-20(21)22-12)15-11-14(25-2)9-10-16(15)26-3/h4-11H,1-3H3. The molecule has 0 unspecified atom stereocenters. The molecular weight excluding hydrogens is 352 g/mol. The summed E-state index contributed by atoms with van der Waals surface area (Å²) in [4.78, 5) is 21.6. The van der Waals surface area contributed by atoms with Gasteiger partial charge >= 0.3 is 0 Å². The van der Waals surface area contributed by atoms with E-state index >= 15 is 0 Å². The van der Waals surface area contributed by atoms with Crippen LogP contribution in [0.5, 0.6) is 11.5 Å². The molecule has 3 rings (SSSR count). The van der Waals surface area contributed by atoms with Gasteiger partial charge in [-0.2, -0.15) is 0 Å². The van der Waals surface area contributed by atoms with Gasteiger partial charge in [0.05, 0.1) is 31.2 Å². The molecule has 6 heteroatoms. The first-order chi connectivity index (χ1) is 12.5. The van der Waals surface area contributed by atoms with Crippen molar-refractivity contribution in [3.8, 4) is 22.8 Å². The molecule has 3 aromatic rings. The topological polar surface area (TPSA) is 61.3 Å². The van der Waals surface area contributed by atoms with Gasteiger partial charge in [0.1, 0.15) is 11.5 Å². The van der Waals surface area contributed by atoms with E-state index in [0.29, 0.717) is 39.6 Å². The van der Waals surface area contributed by atoms with E-state index in [9.17, 15) is 4.79 Å². The van der Waals surface area contributed by atoms with Crippen LogP contribution in [-0.4, -0.2) is 30.0 Å². The Morgan fingerprint density at radius 2 is 1.73 bits per heavy atom. The summed E-state index contributed by atoms with van der Waals surface area (Å²) in [5.41, 5.74) is 2.45. The van der Waals surface area contributed by atoms with Crippen LogP contribution in [0.25, 0.3) is 11.3 Å². The van der Waals surface area contributed by atoms with Gasteiger partial charge in [0, 0.05) is 11.1 Å². The maximum atomic E-state index is 13.1. The lowest BCUT2D eigenvalue weighted by molar-refractivity contribution is 0.103. The maximum Gasteiger partial charge on any atom is 0.223 e. The molecule has 0 spiro atoms. The third kappa shape index (κ3) is 3.39. The molecular formula is C20H17ClN2O3. The zero-order valence-corrected chi connectivity index (χ0v) is 15.4. The Morgan fingerprint density at radius 3 is 2.38 bits per heavy atom. The monoisotopic (exact) mass is 368 g/mol. The Hall–Kier alpha value is -2.92. The highest BCUT2D eigenvalue weighted by atomic mass is 35.5. The lowest BCUT2D eigenvalue weighted by Crippen LogP contribution is -2.10. The van der Waals surface area contributed by atoms with Gasteiger partial charge in [0.2, 0.25) is 5.28 Å². The molecule has 0 radical (unpaired) electrons. The van der Waals surface area contributed by atoms with Crippen molar-refractivity contribution < 1.29 is 14.3 Å². The largest absolute Gasteiger partial charge is 0.497 e. The summed E-state index contributed by atoms with van der Waals surface area (Å²) in [6.45, 7) is 1.74. The fraction of sp³-hybridized carbons (Fsp3) is 0.150. The van der Waals surface area contributed by atoms with Crippen molar-refractivity contribution in [1.82, 2.24) is 9.97 Å². The third-order valence-corrected chi connectivity index (χ3v) is 4.16. The van der Waals surface area contributed by atoms with Crippen LogP contribution in [0.1, 0.15) is 21.6 Å². The van der Waals surface area contributed by atoms with Crippen molar-refractivity contribution in [2.45, 2.75) is 6.92 Å². The number of ether oxygens (including phenoxy) is 2. The van der Waals surface area contributed by atoms with Gasteiger partial charge in [-0.1, -0.05) is 30.3 Å². The number of aryl methyl sites for hydroxylation is 1. The lowest BCUT2D eigenvalue weighted by atomic mass is 9.96. The van der Waals surface area contributed by atoms with Crippen molar-refractivity contribution in [3.63, 3.8) is 0 Å². The lowest BCUT2D eigenvalue weighted by Gasteiger charge is -2.15. The van der Waals surface area contributed by atoms with Crippen LogP contribution in [0.3, 0.4) is 0 Å². The summed E-state index contributed by atoms with van der Waals surface area (Å²) in [6, 6.07) is 14.3. The number of hydrogen-bond acceptors (Lipinski definition) is 5. The van der Waals surface area contributed by atoms with Crippen LogP contribution in [0.15, 0.2) is 48.5 Å². The van der Waals surface area contributed by atoms with Crippen LogP contribution < -0.4 is 9.47 Å². The van der Waals surface area contributed by atoms with E-state index in [-0.39, 0.29) is 11.1 Å². The molecule has 1 aromatic heterocycles. The average molecular weight is 369 g/mol. The predicted octanol–water partition coefficient (Wildman–Crippen LogP) is 4.35. The van der Waals surface area contributed by atoms with Gasteiger partial charge < -0.3 is 9.47 Å². The second kappa shape index (κ2) is 7.54. The van der Waals surface area contributed by atoms with E-state index < -0.39 is 0 Å². The number of carbonyl (C=O) groups excluding carboxylic acids is 1. The van der Waals surface area contributed by atoms with E-state index in [1.807, 2.05) is 18.2 Å². The fourth-order valence-electron chi connectivity index (χ4n) is 2.74. The quantitative estimate of drug-likeness (QED) is 0.494. The molecule has 0 atom stereocenters. The predicted molar refractivity (Wildman–Crippen MR) is 100 cm³/mol. The third-order valence-electron chi connectivity index (χ3n) is 3.99. The number of hydrogen-bond donors (Lipinski definition) is 0. The van der Waals surface area contributed by atoms with Crippen molar-refractivity contribution in [2.75, 3.05) is 14.2 Å². The van der Waals surface area contributed by atoms with Gasteiger partial charge in [-0.3, -0.25) is 4.79 Å². The Bertz CT molecular complexity index is 959. The summed E-state index contributed by atoms with van der Waals surface area (Å²) in [6.07, 6.45) is 0. The average Bonchev–Trinajstić information content (AvgIpc) is 2.67. The minimum atomic E-state index is -0.181. The number of benzene rings is 2.